The van der Waals surface area contributed by atoms with E-state index in [1.54, 1.807) is 0 Å². The Kier molecular flexibility index (Phi) is 3.98. The first-order valence-corrected chi connectivity index (χ1v) is 8.01. The van der Waals surface area contributed by atoms with E-state index in [4.69, 9.17) is 0 Å². The van der Waals surface area contributed by atoms with Crippen LogP contribution < -0.4 is 10.2 Å². The molecule has 0 bridgehead atoms. The third-order valence-electron chi connectivity index (χ3n) is 4.24. The Morgan fingerprint density at radius 1 is 1.25 bits per heavy atom. The van der Waals surface area contributed by atoms with Crippen molar-refractivity contribution in [3.05, 3.63) is 28.2 Å². The van der Waals surface area contributed by atoms with Crippen LogP contribution >= 0.6 is 15.9 Å². The molecular weight excluding hydrogens is 318 g/mol. The minimum Gasteiger partial charge on any atom is -0.319 e. The topological polar surface area (TPSA) is 35.6 Å². The Morgan fingerprint density at radius 3 is 2.70 bits per heavy atom. The Morgan fingerprint density at radius 2 is 2.00 bits per heavy atom. The van der Waals surface area contributed by atoms with E-state index < -0.39 is 0 Å². The second-order valence-corrected chi connectivity index (χ2v) is 6.46. The molecule has 5 heteroatoms. The number of nitrogens with one attached hydrogen (secondary N) is 1. The Labute approximate surface area is 128 Å². The lowest BCUT2D eigenvalue weighted by atomic mass is 10.1. The standard InChI is InChI=1S/C15H20BrN3O/c1-11-10-12(16)2-3-14(11)19-9-8-18(15(19)20)13-4-6-17-7-5-13/h2-3,10,13,17H,4-9H2,1H3. The quantitative estimate of drug-likeness (QED) is 0.900. The summed E-state index contributed by atoms with van der Waals surface area (Å²) in [4.78, 5) is 16.6. The summed E-state index contributed by atoms with van der Waals surface area (Å²) in [6.07, 6.45) is 2.14. The fourth-order valence-corrected chi connectivity index (χ4v) is 3.63. The van der Waals surface area contributed by atoms with Crippen LogP contribution in [0.2, 0.25) is 0 Å². The normalized spacial score (nSPS) is 20.8. The van der Waals surface area contributed by atoms with Crippen molar-refractivity contribution < 1.29 is 4.79 Å². The van der Waals surface area contributed by atoms with Crippen molar-refractivity contribution in [1.29, 1.82) is 0 Å². The molecule has 1 aromatic rings. The molecule has 2 saturated heterocycles. The highest BCUT2D eigenvalue weighted by Crippen LogP contribution is 2.28. The third-order valence-corrected chi connectivity index (χ3v) is 4.73. The molecule has 2 aliphatic heterocycles. The summed E-state index contributed by atoms with van der Waals surface area (Å²) >= 11 is 3.47. The van der Waals surface area contributed by atoms with Gasteiger partial charge in [0.15, 0.2) is 0 Å². The number of halogens is 1. The van der Waals surface area contributed by atoms with E-state index in [1.807, 2.05) is 17.0 Å². The lowest BCUT2D eigenvalue weighted by Crippen LogP contribution is -2.45. The molecule has 20 heavy (non-hydrogen) atoms. The van der Waals surface area contributed by atoms with Crippen LogP contribution in [0.1, 0.15) is 18.4 Å². The molecule has 1 N–H and O–H groups in total. The molecule has 2 aliphatic rings. The smallest absolute Gasteiger partial charge is 0.319 e. The zero-order valence-corrected chi connectivity index (χ0v) is 13.3. The molecule has 0 unspecified atom stereocenters. The first kappa shape index (κ1) is 13.9. The second-order valence-electron chi connectivity index (χ2n) is 5.54. The minimum absolute atomic E-state index is 0.169. The van der Waals surface area contributed by atoms with E-state index in [1.165, 1.54) is 0 Å². The first-order chi connectivity index (χ1) is 9.66. The number of hydrogen-bond acceptors (Lipinski definition) is 2. The number of aryl methyl sites for hydroxylation is 1. The summed E-state index contributed by atoms with van der Waals surface area (Å²) in [5, 5.41) is 3.35. The molecule has 4 nitrogen and oxygen atoms in total. The number of nitrogens with zero attached hydrogens (tertiary/aromatic N) is 2. The molecule has 0 aliphatic carbocycles. The van der Waals surface area contributed by atoms with Crippen LogP contribution in [-0.2, 0) is 0 Å². The van der Waals surface area contributed by atoms with Crippen molar-refractivity contribution in [2.24, 2.45) is 0 Å². The number of hydrogen-bond donors (Lipinski definition) is 1. The Bertz CT molecular complexity index is 514. The summed E-state index contributed by atoms with van der Waals surface area (Å²) in [5.74, 6) is 0. The van der Waals surface area contributed by atoms with Crippen molar-refractivity contribution in [3.8, 4) is 0 Å². The van der Waals surface area contributed by atoms with E-state index in [0.29, 0.717) is 6.04 Å². The highest BCUT2D eigenvalue weighted by molar-refractivity contribution is 9.10. The van der Waals surface area contributed by atoms with Gasteiger partial charge in [0, 0.05) is 29.3 Å². The molecular formula is C15H20BrN3O. The van der Waals surface area contributed by atoms with Crippen molar-refractivity contribution >= 4 is 27.6 Å². The van der Waals surface area contributed by atoms with Gasteiger partial charge in [-0.15, -0.1) is 0 Å². The summed E-state index contributed by atoms with van der Waals surface area (Å²) in [5.41, 5.74) is 2.18. The van der Waals surface area contributed by atoms with Crippen LogP contribution in [-0.4, -0.2) is 43.2 Å². The van der Waals surface area contributed by atoms with Gasteiger partial charge in [0.05, 0.1) is 0 Å². The molecule has 3 rings (SSSR count). The fraction of sp³-hybridized carbons (Fsp3) is 0.533. The summed E-state index contributed by atoms with van der Waals surface area (Å²) < 4.78 is 1.06. The van der Waals surface area contributed by atoms with Crippen molar-refractivity contribution in [3.63, 3.8) is 0 Å². The summed E-state index contributed by atoms with van der Waals surface area (Å²) in [6, 6.07) is 6.67. The average molecular weight is 338 g/mol. The van der Waals surface area contributed by atoms with Crippen molar-refractivity contribution in [2.45, 2.75) is 25.8 Å². The first-order valence-electron chi connectivity index (χ1n) is 7.22. The van der Waals surface area contributed by atoms with Gasteiger partial charge in [-0.25, -0.2) is 4.79 Å². The maximum Gasteiger partial charge on any atom is 0.324 e. The molecule has 0 aromatic heterocycles. The van der Waals surface area contributed by atoms with Crippen LogP contribution in [0.4, 0.5) is 10.5 Å². The van der Waals surface area contributed by atoms with Gasteiger partial charge >= 0.3 is 6.03 Å². The van der Waals surface area contributed by atoms with Gasteiger partial charge in [0.1, 0.15) is 0 Å². The number of rotatable bonds is 2. The largest absolute Gasteiger partial charge is 0.324 e. The van der Waals surface area contributed by atoms with E-state index in [2.05, 4.69) is 39.1 Å². The summed E-state index contributed by atoms with van der Waals surface area (Å²) in [6.45, 7) is 5.74. The van der Waals surface area contributed by atoms with Gasteiger partial charge in [-0.05, 0) is 56.6 Å². The van der Waals surface area contributed by atoms with Crippen molar-refractivity contribution in [2.75, 3.05) is 31.1 Å². The number of amides is 2. The summed E-state index contributed by atoms with van der Waals surface area (Å²) in [7, 11) is 0. The van der Waals surface area contributed by atoms with Crippen LogP contribution in [0.3, 0.4) is 0 Å². The lowest BCUT2D eigenvalue weighted by Gasteiger charge is -2.31. The molecule has 2 fully saturated rings. The molecule has 0 spiro atoms. The molecule has 1 aromatic carbocycles. The second kappa shape index (κ2) is 5.74. The van der Waals surface area contributed by atoms with E-state index in [9.17, 15) is 4.79 Å². The Hall–Kier alpha value is -1.07. The van der Waals surface area contributed by atoms with E-state index in [0.717, 1.165) is 54.7 Å². The molecule has 108 valence electrons. The maximum absolute atomic E-state index is 12.7. The fourth-order valence-electron chi connectivity index (χ4n) is 3.16. The average Bonchev–Trinajstić information content (AvgIpc) is 2.82. The van der Waals surface area contributed by atoms with Crippen LogP contribution in [0, 0.1) is 6.92 Å². The van der Waals surface area contributed by atoms with E-state index in [-0.39, 0.29) is 6.03 Å². The Balaban J connectivity index is 1.78. The van der Waals surface area contributed by atoms with Gasteiger partial charge < -0.3 is 10.2 Å². The number of benzene rings is 1. The monoisotopic (exact) mass is 337 g/mol. The third kappa shape index (κ3) is 2.56. The predicted octanol–water partition coefficient (Wildman–Crippen LogP) is 2.75. The molecule has 0 saturated carbocycles. The van der Waals surface area contributed by atoms with Crippen LogP contribution in [0.5, 0.6) is 0 Å². The lowest BCUT2D eigenvalue weighted by molar-refractivity contribution is 0.185. The highest BCUT2D eigenvalue weighted by Gasteiger charge is 2.35. The number of urea groups is 1. The number of carbonyl (C=O) groups is 1. The molecule has 0 atom stereocenters. The van der Waals surface area contributed by atoms with Gasteiger partial charge in [-0.1, -0.05) is 15.9 Å². The molecule has 2 heterocycles. The minimum atomic E-state index is 0.169. The number of carbonyl (C=O) groups excluding carboxylic acids is 1. The molecule has 2 amide bonds. The zero-order chi connectivity index (χ0) is 14.1. The van der Waals surface area contributed by atoms with Gasteiger partial charge in [0.2, 0.25) is 0 Å². The van der Waals surface area contributed by atoms with Gasteiger partial charge in [0.25, 0.3) is 0 Å². The highest BCUT2D eigenvalue weighted by atomic mass is 79.9. The number of anilines is 1. The van der Waals surface area contributed by atoms with Crippen LogP contribution in [0.25, 0.3) is 0 Å². The van der Waals surface area contributed by atoms with Gasteiger partial charge in [-0.2, -0.15) is 0 Å². The van der Waals surface area contributed by atoms with Crippen LogP contribution in [0.15, 0.2) is 22.7 Å². The maximum atomic E-state index is 12.7. The molecule has 0 radical (unpaired) electrons. The van der Waals surface area contributed by atoms with Crippen molar-refractivity contribution in [1.82, 2.24) is 10.2 Å². The van der Waals surface area contributed by atoms with Gasteiger partial charge in [-0.3, -0.25) is 4.90 Å². The SMILES string of the molecule is Cc1cc(Br)ccc1N1CCN(C2CCNCC2)C1=O. The number of piperidine rings is 1. The predicted molar refractivity (Wildman–Crippen MR) is 84.2 cm³/mol. The zero-order valence-electron chi connectivity index (χ0n) is 11.7. The van der Waals surface area contributed by atoms with E-state index >= 15 is 0 Å².